The molecule has 0 radical (unpaired) electrons. The summed E-state index contributed by atoms with van der Waals surface area (Å²) in [6, 6.07) is 6.45. The lowest BCUT2D eigenvalue weighted by molar-refractivity contribution is 0.0310. The van der Waals surface area contributed by atoms with Crippen molar-refractivity contribution in [3.05, 3.63) is 29.8 Å². The van der Waals surface area contributed by atoms with E-state index in [4.69, 9.17) is 4.74 Å². The summed E-state index contributed by atoms with van der Waals surface area (Å²) >= 11 is 0. The van der Waals surface area contributed by atoms with E-state index in [1.807, 2.05) is 20.8 Å². The van der Waals surface area contributed by atoms with E-state index in [0.717, 1.165) is 6.54 Å². The van der Waals surface area contributed by atoms with Crippen LogP contribution in [-0.4, -0.2) is 55.9 Å². The summed E-state index contributed by atoms with van der Waals surface area (Å²) in [5.74, 6) is 0.330. The summed E-state index contributed by atoms with van der Waals surface area (Å²) in [4.78, 5) is 16.4. The molecule has 0 saturated carbocycles. The lowest BCUT2D eigenvalue weighted by Crippen LogP contribution is -2.42. The number of aromatic hydroxyl groups is 1. The number of guanidine groups is 1. The topological polar surface area (TPSA) is 95.0 Å². The summed E-state index contributed by atoms with van der Waals surface area (Å²) in [5.41, 5.74) is -0.0681. The van der Waals surface area contributed by atoms with Crippen LogP contribution in [0.5, 0.6) is 5.75 Å². The Morgan fingerprint density at radius 3 is 2.44 bits per heavy atom. The van der Waals surface area contributed by atoms with Crippen molar-refractivity contribution in [1.82, 2.24) is 16.0 Å². The van der Waals surface area contributed by atoms with E-state index in [1.54, 1.807) is 25.3 Å². The third-order valence-electron chi connectivity index (χ3n) is 3.37. The van der Waals surface area contributed by atoms with Gasteiger partial charge < -0.3 is 25.8 Å². The molecule has 1 aromatic carbocycles. The van der Waals surface area contributed by atoms with Gasteiger partial charge in [-0.3, -0.25) is 9.79 Å². The first-order valence-electron chi connectivity index (χ1n) is 8.03. The Morgan fingerprint density at radius 1 is 1.20 bits per heavy atom. The average Bonchev–Trinajstić information content (AvgIpc) is 2.56. The van der Waals surface area contributed by atoms with Crippen molar-refractivity contribution in [2.24, 2.45) is 4.99 Å². The highest BCUT2D eigenvalue weighted by Gasteiger charge is 2.15. The Bertz CT molecular complexity index is 565. The zero-order valence-electron chi connectivity index (χ0n) is 15.3. The maximum atomic E-state index is 12.0. The van der Waals surface area contributed by atoms with Crippen molar-refractivity contribution in [2.75, 3.05) is 33.3 Å². The fourth-order valence-electron chi connectivity index (χ4n) is 1.79. The molecular formula is C17H29IN4O3. The molecule has 7 nitrogen and oxygen atoms in total. The number of hydrogen-bond donors (Lipinski definition) is 4. The molecule has 0 bridgehead atoms. The molecule has 0 heterocycles. The lowest BCUT2D eigenvalue weighted by Gasteiger charge is -2.21. The standard InChI is InChI=1S/C17H28N4O3.HI/c1-5-18-16(21-12-17(2,3)24-4)20-11-10-19-15(23)13-8-6-7-9-14(13)22;/h6-9,22H,5,10-12H2,1-4H3,(H,19,23)(H2,18,20,21);1H. The van der Waals surface area contributed by atoms with Crippen molar-refractivity contribution < 1.29 is 14.6 Å². The lowest BCUT2D eigenvalue weighted by atomic mass is 10.1. The van der Waals surface area contributed by atoms with Gasteiger partial charge in [-0.25, -0.2) is 0 Å². The second kappa shape index (κ2) is 11.9. The average molecular weight is 464 g/mol. The van der Waals surface area contributed by atoms with Gasteiger partial charge in [0.2, 0.25) is 0 Å². The second-order valence-corrected chi connectivity index (χ2v) is 5.86. The highest BCUT2D eigenvalue weighted by Crippen LogP contribution is 2.14. The van der Waals surface area contributed by atoms with E-state index in [0.29, 0.717) is 25.6 Å². The summed E-state index contributed by atoms with van der Waals surface area (Å²) in [5, 5.41) is 18.7. The summed E-state index contributed by atoms with van der Waals surface area (Å²) in [7, 11) is 1.66. The number of benzene rings is 1. The molecule has 142 valence electrons. The van der Waals surface area contributed by atoms with E-state index >= 15 is 0 Å². The number of para-hydroxylation sites is 1. The molecule has 0 spiro atoms. The maximum absolute atomic E-state index is 12.0. The van der Waals surface area contributed by atoms with Gasteiger partial charge in [0.05, 0.1) is 17.7 Å². The Balaban J connectivity index is 0.00000576. The van der Waals surface area contributed by atoms with E-state index in [9.17, 15) is 9.90 Å². The zero-order valence-corrected chi connectivity index (χ0v) is 17.6. The molecule has 1 rings (SSSR count). The minimum absolute atomic E-state index is 0. The third-order valence-corrected chi connectivity index (χ3v) is 3.37. The highest BCUT2D eigenvalue weighted by atomic mass is 127. The molecule has 0 aromatic heterocycles. The minimum Gasteiger partial charge on any atom is -0.507 e. The molecule has 8 heteroatoms. The molecule has 0 atom stereocenters. The number of hydrogen-bond acceptors (Lipinski definition) is 4. The van der Waals surface area contributed by atoms with E-state index in [2.05, 4.69) is 20.9 Å². The Hall–Kier alpha value is -1.55. The molecule has 0 unspecified atom stereocenters. The largest absolute Gasteiger partial charge is 0.507 e. The van der Waals surface area contributed by atoms with Gasteiger partial charge in [0.15, 0.2) is 5.96 Å². The molecule has 0 fully saturated rings. The molecule has 0 aliphatic rings. The summed E-state index contributed by atoms with van der Waals surface area (Å²) in [6.45, 7) is 8.09. The van der Waals surface area contributed by atoms with Gasteiger partial charge in [0, 0.05) is 26.7 Å². The predicted octanol–water partition coefficient (Wildman–Crippen LogP) is 1.72. The first-order valence-corrected chi connectivity index (χ1v) is 8.03. The van der Waals surface area contributed by atoms with Crippen molar-refractivity contribution in [1.29, 1.82) is 0 Å². The van der Waals surface area contributed by atoms with Gasteiger partial charge in [0.25, 0.3) is 5.91 Å². The number of rotatable bonds is 8. The van der Waals surface area contributed by atoms with Crippen LogP contribution < -0.4 is 16.0 Å². The summed E-state index contributed by atoms with van der Waals surface area (Å²) < 4.78 is 5.34. The zero-order chi connectivity index (χ0) is 18.0. The van der Waals surface area contributed by atoms with Crippen molar-refractivity contribution in [3.63, 3.8) is 0 Å². The molecule has 25 heavy (non-hydrogen) atoms. The highest BCUT2D eigenvalue weighted by molar-refractivity contribution is 14.0. The number of phenolic OH excluding ortho intramolecular Hbond substituents is 1. The maximum Gasteiger partial charge on any atom is 0.255 e. The van der Waals surface area contributed by atoms with Crippen LogP contribution in [0.15, 0.2) is 29.3 Å². The van der Waals surface area contributed by atoms with Crippen LogP contribution in [0.1, 0.15) is 31.1 Å². The van der Waals surface area contributed by atoms with Crippen LogP contribution in [0.4, 0.5) is 0 Å². The fraction of sp³-hybridized carbons (Fsp3) is 0.529. The first kappa shape index (κ1) is 23.4. The summed E-state index contributed by atoms with van der Waals surface area (Å²) in [6.07, 6.45) is 0. The molecule has 4 N–H and O–H groups in total. The normalized spacial score (nSPS) is 11.4. The Kier molecular flexibility index (Phi) is 11.2. The number of ether oxygens (including phenoxy) is 1. The van der Waals surface area contributed by atoms with Gasteiger partial charge in [-0.2, -0.15) is 0 Å². The number of phenols is 1. The van der Waals surface area contributed by atoms with Gasteiger partial charge in [-0.05, 0) is 32.9 Å². The molecular weight excluding hydrogens is 435 g/mol. The number of nitrogens with one attached hydrogen (secondary N) is 3. The minimum atomic E-state index is -0.332. The molecule has 1 amide bonds. The number of halogens is 1. The van der Waals surface area contributed by atoms with Crippen molar-refractivity contribution >= 4 is 35.8 Å². The fourth-order valence-corrected chi connectivity index (χ4v) is 1.79. The number of amides is 1. The van der Waals surface area contributed by atoms with Crippen LogP contribution in [0.25, 0.3) is 0 Å². The number of nitrogens with zero attached hydrogens (tertiary/aromatic N) is 1. The van der Waals surface area contributed by atoms with Crippen LogP contribution in [0.3, 0.4) is 0 Å². The van der Waals surface area contributed by atoms with E-state index in [1.165, 1.54) is 6.07 Å². The van der Waals surface area contributed by atoms with Crippen LogP contribution in [0, 0.1) is 0 Å². The SMILES string of the molecule is CCNC(=NCC(C)(C)OC)NCCNC(=O)c1ccccc1O.I. The third kappa shape index (κ3) is 8.92. The monoisotopic (exact) mass is 464 g/mol. The van der Waals surface area contributed by atoms with Crippen molar-refractivity contribution in [3.8, 4) is 5.75 Å². The van der Waals surface area contributed by atoms with Crippen LogP contribution >= 0.6 is 24.0 Å². The predicted molar refractivity (Wildman–Crippen MR) is 111 cm³/mol. The van der Waals surface area contributed by atoms with Crippen LogP contribution in [0.2, 0.25) is 0 Å². The van der Waals surface area contributed by atoms with Gasteiger partial charge in [-0.15, -0.1) is 24.0 Å². The van der Waals surface area contributed by atoms with Crippen LogP contribution in [-0.2, 0) is 4.74 Å². The second-order valence-electron chi connectivity index (χ2n) is 5.86. The van der Waals surface area contributed by atoms with E-state index < -0.39 is 0 Å². The molecule has 1 aromatic rings. The molecule has 0 aliphatic carbocycles. The van der Waals surface area contributed by atoms with Gasteiger partial charge >= 0.3 is 0 Å². The Labute approximate surface area is 166 Å². The van der Waals surface area contributed by atoms with Gasteiger partial charge in [0.1, 0.15) is 5.75 Å². The molecule has 0 aliphatic heterocycles. The first-order chi connectivity index (χ1) is 11.4. The smallest absolute Gasteiger partial charge is 0.255 e. The quantitative estimate of drug-likeness (QED) is 0.204. The van der Waals surface area contributed by atoms with Gasteiger partial charge in [-0.1, -0.05) is 12.1 Å². The number of carbonyl (C=O) groups is 1. The number of carbonyl (C=O) groups excluding carboxylic acids is 1. The number of methoxy groups -OCH3 is 1. The Morgan fingerprint density at radius 2 is 1.84 bits per heavy atom. The molecule has 0 saturated heterocycles. The number of aliphatic imine (C=N–C) groups is 1. The van der Waals surface area contributed by atoms with Crippen molar-refractivity contribution in [2.45, 2.75) is 26.4 Å². The van der Waals surface area contributed by atoms with E-state index in [-0.39, 0.29) is 46.8 Å².